The molecule has 0 aromatic carbocycles. The lowest BCUT2D eigenvalue weighted by atomic mass is 10.0. The second-order valence-corrected chi connectivity index (χ2v) is 10.1. The SMILES string of the molecule is CN(C[C@@H]1COCCO1)S(=O)(=O)/N=c1\ccc2ccc3ncc(-c4cnn(C)c4)cc3c([O-])c-2c1. The van der Waals surface area contributed by atoms with Crippen molar-refractivity contribution in [3.8, 4) is 28.0 Å². The normalized spacial score (nSPS) is 17.5. The molecule has 2 aliphatic carbocycles. The Kier molecular flexibility index (Phi) is 6.24. The molecule has 2 aromatic heterocycles. The average molecular weight is 495 g/mol. The zero-order valence-electron chi connectivity index (χ0n) is 19.3. The fourth-order valence-corrected chi connectivity index (χ4v) is 4.87. The number of hydrogen-bond donors (Lipinski definition) is 0. The molecule has 1 saturated heterocycles. The van der Waals surface area contributed by atoms with Crippen molar-refractivity contribution in [3.05, 3.63) is 60.3 Å². The molecule has 5 rings (SSSR count). The van der Waals surface area contributed by atoms with E-state index < -0.39 is 10.2 Å². The van der Waals surface area contributed by atoms with Gasteiger partial charge in [-0.3, -0.25) is 9.67 Å². The van der Waals surface area contributed by atoms with Crippen molar-refractivity contribution in [1.82, 2.24) is 19.1 Å². The van der Waals surface area contributed by atoms with Gasteiger partial charge in [-0.1, -0.05) is 17.9 Å². The van der Waals surface area contributed by atoms with Crippen molar-refractivity contribution in [2.75, 3.05) is 33.4 Å². The fourth-order valence-electron chi connectivity index (χ4n) is 4.00. The minimum Gasteiger partial charge on any atom is -0.872 e. The van der Waals surface area contributed by atoms with Crippen LogP contribution < -0.4 is 10.5 Å². The molecular formula is C24H24N5O5S-. The van der Waals surface area contributed by atoms with Crippen LogP contribution in [0.5, 0.6) is 5.75 Å². The van der Waals surface area contributed by atoms with Crippen molar-refractivity contribution in [3.63, 3.8) is 0 Å². The van der Waals surface area contributed by atoms with Gasteiger partial charge in [0.2, 0.25) is 0 Å². The van der Waals surface area contributed by atoms with E-state index in [-0.39, 0.29) is 23.8 Å². The van der Waals surface area contributed by atoms with E-state index in [2.05, 4.69) is 14.5 Å². The average Bonchev–Trinajstić information content (AvgIpc) is 3.23. The maximum absolute atomic E-state index is 13.5. The first-order chi connectivity index (χ1) is 16.8. The number of likely N-dealkylation sites (N-methyl/N-ethyl adjacent to an activating group) is 1. The summed E-state index contributed by atoms with van der Waals surface area (Å²) in [7, 11) is -0.738. The summed E-state index contributed by atoms with van der Waals surface area (Å²) in [5.41, 5.74) is 3.16. The highest BCUT2D eigenvalue weighted by Crippen LogP contribution is 2.34. The summed E-state index contributed by atoms with van der Waals surface area (Å²) in [6.45, 7) is 1.37. The zero-order chi connectivity index (χ0) is 24.6. The maximum atomic E-state index is 13.5. The summed E-state index contributed by atoms with van der Waals surface area (Å²) in [6, 6.07) is 10.1. The van der Waals surface area contributed by atoms with Gasteiger partial charge in [-0.15, -0.1) is 0 Å². The quantitative estimate of drug-likeness (QED) is 0.410. The number of benzene rings is 1. The minimum atomic E-state index is -3.99. The Labute approximate surface area is 202 Å². The summed E-state index contributed by atoms with van der Waals surface area (Å²) in [5, 5.41) is 18.3. The molecule has 1 atom stereocenters. The van der Waals surface area contributed by atoms with Gasteiger partial charge in [0.05, 0.1) is 43.0 Å². The predicted molar refractivity (Wildman–Crippen MR) is 128 cm³/mol. The van der Waals surface area contributed by atoms with Gasteiger partial charge < -0.3 is 14.6 Å². The first-order valence-electron chi connectivity index (χ1n) is 11.0. The Hall–Kier alpha value is -3.38. The van der Waals surface area contributed by atoms with Crippen molar-refractivity contribution in [1.29, 1.82) is 0 Å². The van der Waals surface area contributed by atoms with Crippen LogP contribution in [0.2, 0.25) is 0 Å². The van der Waals surface area contributed by atoms with Crippen LogP contribution in [-0.4, -0.2) is 67.0 Å². The largest absolute Gasteiger partial charge is 0.872 e. The number of rotatable bonds is 5. The molecule has 3 heterocycles. The van der Waals surface area contributed by atoms with E-state index in [0.29, 0.717) is 41.9 Å². The Balaban J connectivity index is 1.56. The number of ether oxygens (including phenoxy) is 2. The van der Waals surface area contributed by atoms with Crippen LogP contribution >= 0.6 is 0 Å². The van der Waals surface area contributed by atoms with Crippen molar-refractivity contribution < 1.29 is 23.0 Å². The monoisotopic (exact) mass is 494 g/mol. The predicted octanol–water partition coefficient (Wildman–Crippen LogP) is 1.31. The minimum absolute atomic E-state index is 0.120. The molecule has 11 heteroatoms. The number of pyridine rings is 1. The van der Waals surface area contributed by atoms with Crippen LogP contribution in [-0.2, 0) is 26.7 Å². The van der Waals surface area contributed by atoms with E-state index in [9.17, 15) is 13.5 Å². The van der Waals surface area contributed by atoms with E-state index in [0.717, 1.165) is 15.4 Å². The van der Waals surface area contributed by atoms with Crippen LogP contribution in [0.1, 0.15) is 0 Å². The Morgan fingerprint density at radius 3 is 2.71 bits per heavy atom. The third kappa shape index (κ3) is 4.89. The van der Waals surface area contributed by atoms with Crippen LogP contribution in [0.4, 0.5) is 0 Å². The molecule has 2 aromatic rings. The molecule has 0 unspecified atom stereocenters. The Morgan fingerprint density at radius 2 is 1.97 bits per heavy atom. The van der Waals surface area contributed by atoms with Gasteiger partial charge in [0.25, 0.3) is 0 Å². The molecule has 3 aliphatic rings. The molecule has 0 bridgehead atoms. The molecule has 0 saturated carbocycles. The lowest BCUT2D eigenvalue weighted by molar-refractivity contribution is -0.264. The van der Waals surface area contributed by atoms with Crippen LogP contribution in [0.25, 0.3) is 33.2 Å². The second-order valence-electron chi connectivity index (χ2n) is 8.41. The fraction of sp³-hybridized carbons (Fsp3) is 0.292. The van der Waals surface area contributed by atoms with E-state index in [4.69, 9.17) is 9.47 Å². The summed E-state index contributed by atoms with van der Waals surface area (Å²) >= 11 is 0. The van der Waals surface area contributed by atoms with E-state index in [1.807, 2.05) is 13.2 Å². The standard InChI is InChI=1S/C24H25N5O5S/c1-28-13-18(12-26-28)17-9-22-23(25-11-17)6-4-16-3-5-19(10-21(16)24(22)30)27-35(31,32)29(2)14-20-15-33-7-8-34-20/h3-6,9-13,20,30H,7-8,14-15H2,1-2H3/p-1/b27-19+/t20-/m1/s1. The summed E-state index contributed by atoms with van der Waals surface area (Å²) in [5.74, 6) is -0.256. The Bertz CT molecular complexity index is 1530. The van der Waals surface area contributed by atoms with Gasteiger partial charge in [0.1, 0.15) is 0 Å². The molecule has 35 heavy (non-hydrogen) atoms. The summed E-state index contributed by atoms with van der Waals surface area (Å²) in [4.78, 5) is 4.47. The van der Waals surface area contributed by atoms with Gasteiger partial charge in [0, 0.05) is 44.2 Å². The van der Waals surface area contributed by atoms with Crippen molar-refractivity contribution >= 4 is 21.1 Å². The Morgan fingerprint density at radius 1 is 1.14 bits per heavy atom. The third-order valence-corrected chi connectivity index (χ3v) is 7.24. The highest BCUT2D eigenvalue weighted by Gasteiger charge is 2.23. The van der Waals surface area contributed by atoms with Gasteiger partial charge in [0.15, 0.2) is 0 Å². The maximum Gasteiger partial charge on any atom is 0.322 e. The molecule has 182 valence electrons. The van der Waals surface area contributed by atoms with E-state index in [1.165, 1.54) is 13.1 Å². The smallest absolute Gasteiger partial charge is 0.322 e. The molecular weight excluding hydrogens is 470 g/mol. The first-order valence-corrected chi connectivity index (χ1v) is 12.4. The van der Waals surface area contributed by atoms with Crippen molar-refractivity contribution in [2.45, 2.75) is 6.10 Å². The summed E-state index contributed by atoms with van der Waals surface area (Å²) in [6.07, 6.45) is 4.90. The number of hydrogen-bond acceptors (Lipinski definition) is 7. The topological polar surface area (TPSA) is 122 Å². The molecule has 1 fully saturated rings. The first kappa shape index (κ1) is 23.4. The highest BCUT2D eigenvalue weighted by atomic mass is 32.2. The lowest BCUT2D eigenvalue weighted by Crippen LogP contribution is -2.40. The van der Waals surface area contributed by atoms with E-state index >= 15 is 0 Å². The van der Waals surface area contributed by atoms with Gasteiger partial charge >= 0.3 is 10.2 Å². The third-order valence-electron chi connectivity index (χ3n) is 5.86. The van der Waals surface area contributed by atoms with Crippen LogP contribution in [0.15, 0.2) is 59.4 Å². The number of aryl methyl sites for hydroxylation is 1. The number of nitrogens with zero attached hydrogens (tertiary/aromatic N) is 5. The van der Waals surface area contributed by atoms with Gasteiger partial charge in [-0.25, -0.2) is 0 Å². The molecule has 1 aliphatic heterocycles. The molecule has 0 N–H and O–H groups in total. The van der Waals surface area contributed by atoms with Crippen molar-refractivity contribution in [2.24, 2.45) is 11.4 Å². The molecule has 0 amide bonds. The summed E-state index contributed by atoms with van der Waals surface area (Å²) < 4.78 is 43.3. The molecule has 0 radical (unpaired) electrons. The van der Waals surface area contributed by atoms with Crippen LogP contribution in [0, 0.1) is 0 Å². The van der Waals surface area contributed by atoms with Crippen LogP contribution in [0.3, 0.4) is 0 Å². The zero-order valence-corrected chi connectivity index (χ0v) is 20.1. The molecule has 0 spiro atoms. The van der Waals surface area contributed by atoms with Gasteiger partial charge in [-0.05, 0) is 40.8 Å². The van der Waals surface area contributed by atoms with E-state index in [1.54, 1.807) is 47.4 Å². The lowest BCUT2D eigenvalue weighted by Gasteiger charge is -2.26. The highest BCUT2D eigenvalue weighted by molar-refractivity contribution is 7.87. The number of aromatic nitrogens is 3. The van der Waals surface area contributed by atoms with Gasteiger partial charge in [-0.2, -0.15) is 22.2 Å². The second kappa shape index (κ2) is 9.34. The number of fused-ring (bicyclic) bond motifs is 2. The molecule has 10 nitrogen and oxygen atoms in total.